The summed E-state index contributed by atoms with van der Waals surface area (Å²) >= 11 is 0. The van der Waals surface area contributed by atoms with Crippen LogP contribution in [0.15, 0.2) is 389 Å². The van der Waals surface area contributed by atoms with E-state index in [9.17, 15) is 0 Å². The van der Waals surface area contributed by atoms with Gasteiger partial charge in [0.15, 0.2) is 0 Å². The van der Waals surface area contributed by atoms with Gasteiger partial charge in [0.25, 0.3) is 0 Å². The van der Waals surface area contributed by atoms with Crippen LogP contribution in [0.3, 0.4) is 0 Å². The van der Waals surface area contributed by atoms with Crippen LogP contribution in [0.25, 0.3) is 200 Å². The molecule has 504 valence electrons. The van der Waals surface area contributed by atoms with E-state index in [4.69, 9.17) is 29.9 Å². The van der Waals surface area contributed by atoms with E-state index in [0.717, 1.165) is 172 Å². The Morgan fingerprint density at radius 1 is 0.167 bits per heavy atom. The first-order valence-electron chi connectivity index (χ1n) is 36.3. The van der Waals surface area contributed by atoms with Gasteiger partial charge in [-0.3, -0.25) is 15.0 Å². The zero-order valence-electron chi connectivity index (χ0n) is 58.5. The molecule has 20 aromatic rings. The number of pyridine rings is 8. The largest absolute Gasteiger partial charge is 0.255 e. The van der Waals surface area contributed by atoms with E-state index >= 15 is 0 Å². The van der Waals surface area contributed by atoms with Gasteiger partial charge >= 0.3 is 0 Å². The topological polar surface area (TPSA) is 103 Å². The van der Waals surface area contributed by atoms with Gasteiger partial charge in [0.1, 0.15) is 0 Å². The molecule has 0 amide bonds. The van der Waals surface area contributed by atoms with Crippen molar-refractivity contribution in [2.24, 2.45) is 0 Å². The average molecular weight is 1380 g/mol. The molecule has 0 unspecified atom stereocenters. The molecule has 0 N–H and O–H groups in total. The lowest BCUT2D eigenvalue weighted by Crippen LogP contribution is -1.95. The lowest BCUT2D eigenvalue weighted by Gasteiger charge is -2.16. The molecular formula is C100H64N8. The minimum atomic E-state index is 0.808. The van der Waals surface area contributed by atoms with Crippen molar-refractivity contribution in [3.8, 4) is 135 Å². The van der Waals surface area contributed by atoms with Crippen molar-refractivity contribution < 1.29 is 0 Å². The third-order valence-corrected chi connectivity index (χ3v) is 20.3. The van der Waals surface area contributed by atoms with Gasteiger partial charge < -0.3 is 0 Å². The molecule has 0 aliphatic heterocycles. The molecule has 0 aliphatic carbocycles. The fraction of sp³-hybridized carbons (Fsp3) is 0. The molecule has 0 atom stereocenters. The molecule has 8 heterocycles. The number of aromatic nitrogens is 8. The SMILES string of the molecule is c1ccc(-c2cccc(-c3nc4ccc(-c5ccc(-c6cc(-c7ccccn7)nc(-c7ccccn7)c6)cc5)cc4c4c(-c5ccccc5)cccc34)c2)cc1.c1ccc(-c2ccnc(-c3nc4ccc(-c5ccc6ccc7ccc(-c8ccccc8)nc7c6n5)cc4c4c(-c5ccccc5)cccc34)c2)cc1. The van der Waals surface area contributed by atoms with E-state index in [-0.39, 0.29) is 0 Å². The highest BCUT2D eigenvalue weighted by Crippen LogP contribution is 2.44. The molecule has 0 saturated carbocycles. The maximum Gasteiger partial charge on any atom is 0.0972 e. The number of hydrogen-bond donors (Lipinski definition) is 0. The minimum absolute atomic E-state index is 0.808. The van der Waals surface area contributed by atoms with Crippen molar-refractivity contribution in [3.05, 3.63) is 389 Å². The zero-order valence-corrected chi connectivity index (χ0v) is 58.5. The maximum absolute atomic E-state index is 5.38. The predicted octanol–water partition coefficient (Wildman–Crippen LogP) is 25.5. The normalized spacial score (nSPS) is 11.3. The summed E-state index contributed by atoms with van der Waals surface area (Å²) in [6.07, 6.45) is 5.48. The highest BCUT2D eigenvalue weighted by atomic mass is 14.8. The molecule has 8 heteroatoms. The first-order valence-corrected chi connectivity index (χ1v) is 36.3. The van der Waals surface area contributed by atoms with Gasteiger partial charge in [-0.1, -0.05) is 279 Å². The van der Waals surface area contributed by atoms with Gasteiger partial charge in [-0.05, 0) is 158 Å². The van der Waals surface area contributed by atoms with Gasteiger partial charge in [-0.2, -0.15) is 0 Å². The summed E-state index contributed by atoms with van der Waals surface area (Å²) < 4.78 is 0. The van der Waals surface area contributed by atoms with Crippen molar-refractivity contribution in [3.63, 3.8) is 0 Å². The molecule has 0 fully saturated rings. The van der Waals surface area contributed by atoms with Crippen molar-refractivity contribution in [2.45, 2.75) is 0 Å². The van der Waals surface area contributed by atoms with Crippen LogP contribution in [0.4, 0.5) is 0 Å². The van der Waals surface area contributed by atoms with Crippen LogP contribution >= 0.6 is 0 Å². The third-order valence-electron chi connectivity index (χ3n) is 20.3. The van der Waals surface area contributed by atoms with E-state index in [1.54, 1.807) is 12.4 Å². The molecule has 8 aromatic heterocycles. The fourth-order valence-corrected chi connectivity index (χ4v) is 15.0. The molecule has 0 saturated heterocycles. The molecule has 0 bridgehead atoms. The van der Waals surface area contributed by atoms with Gasteiger partial charge in [0.05, 0.1) is 73.3 Å². The predicted molar refractivity (Wildman–Crippen MR) is 446 cm³/mol. The number of nitrogens with zero attached hydrogens (tertiary/aromatic N) is 8. The molecule has 0 spiro atoms. The maximum atomic E-state index is 5.38. The summed E-state index contributed by atoms with van der Waals surface area (Å²) in [5.74, 6) is 0. The van der Waals surface area contributed by atoms with Crippen LogP contribution in [0.1, 0.15) is 0 Å². The van der Waals surface area contributed by atoms with Gasteiger partial charge in [-0.25, -0.2) is 24.9 Å². The van der Waals surface area contributed by atoms with Gasteiger partial charge in [0, 0.05) is 78.4 Å². The Bertz CT molecular complexity index is 6690. The molecular weight excluding hydrogens is 1310 g/mol. The highest BCUT2D eigenvalue weighted by Gasteiger charge is 2.21. The first-order chi connectivity index (χ1) is 53.5. The van der Waals surface area contributed by atoms with Crippen LogP contribution in [-0.2, 0) is 0 Å². The van der Waals surface area contributed by atoms with E-state index in [2.05, 4.69) is 319 Å². The van der Waals surface area contributed by atoms with E-state index < -0.39 is 0 Å². The Labute approximate surface area is 624 Å². The van der Waals surface area contributed by atoms with Crippen molar-refractivity contribution in [2.75, 3.05) is 0 Å². The Morgan fingerprint density at radius 2 is 0.556 bits per heavy atom. The van der Waals surface area contributed by atoms with Crippen LogP contribution in [0, 0.1) is 0 Å². The molecule has 20 rings (SSSR count). The smallest absolute Gasteiger partial charge is 0.0972 e. The number of rotatable bonds is 12. The standard InChI is InChI=1S/C52H34N4.C48H30N4/c1-3-13-35(14-4-1)39-17-11-18-41(31-39)52-44-20-12-19-43(38-15-5-2-6-16-38)51(44)45-32-40(27-28-46(45)56-52)36-23-25-37(26-24-36)42-33-49(47-21-7-9-29-53-47)55-50(34-42)48-22-8-10-30-54-48;1-4-11-31(12-5-1)36-27-28-49-44(30-36)48-39-18-10-17-38(32-13-6-2-7-14-32)45(39)40-29-37(23-26-43(40)52-48)42-25-22-35-20-19-34-21-24-41(33-15-8-3-9-16-33)50-46(34)47(35)51-42/h1-34H;1-30H. The third kappa shape index (κ3) is 12.5. The summed E-state index contributed by atoms with van der Waals surface area (Å²) in [7, 11) is 0. The second-order valence-electron chi connectivity index (χ2n) is 26.9. The molecule has 0 radical (unpaired) electrons. The Balaban J connectivity index is 0.000000147. The lowest BCUT2D eigenvalue weighted by atomic mass is 9.91. The Kier molecular flexibility index (Phi) is 16.8. The number of fused-ring (bicyclic) bond motifs is 9. The average Bonchev–Trinajstić information content (AvgIpc) is 0.755. The Hall–Kier alpha value is -14.6. The van der Waals surface area contributed by atoms with E-state index in [1.165, 1.54) is 27.6 Å². The van der Waals surface area contributed by atoms with E-state index in [0.29, 0.717) is 0 Å². The summed E-state index contributed by atoms with van der Waals surface area (Å²) in [5.41, 5.74) is 28.3. The Morgan fingerprint density at radius 3 is 1.10 bits per heavy atom. The number of benzene rings is 12. The van der Waals surface area contributed by atoms with Crippen molar-refractivity contribution >= 4 is 65.2 Å². The fourth-order valence-electron chi connectivity index (χ4n) is 15.0. The summed E-state index contributed by atoms with van der Waals surface area (Å²) in [5, 5.41) is 8.84. The van der Waals surface area contributed by atoms with Crippen molar-refractivity contribution in [1.82, 2.24) is 39.9 Å². The lowest BCUT2D eigenvalue weighted by molar-refractivity contribution is 1.22. The number of hydrogen-bond acceptors (Lipinski definition) is 8. The van der Waals surface area contributed by atoms with Crippen LogP contribution < -0.4 is 0 Å². The van der Waals surface area contributed by atoms with Crippen LogP contribution in [0.5, 0.6) is 0 Å². The summed E-state index contributed by atoms with van der Waals surface area (Å²) in [6, 6.07) is 129. The second-order valence-corrected chi connectivity index (χ2v) is 26.9. The second kappa shape index (κ2) is 28.2. The van der Waals surface area contributed by atoms with Gasteiger partial charge in [-0.15, -0.1) is 0 Å². The monoisotopic (exact) mass is 1380 g/mol. The first kappa shape index (κ1) is 64.3. The minimum Gasteiger partial charge on any atom is -0.255 e. The quantitative estimate of drug-likeness (QED) is 0.111. The van der Waals surface area contributed by atoms with Crippen molar-refractivity contribution in [1.29, 1.82) is 0 Å². The van der Waals surface area contributed by atoms with E-state index in [1.807, 2.05) is 66.9 Å². The summed E-state index contributed by atoms with van der Waals surface area (Å²) in [6.45, 7) is 0. The highest BCUT2D eigenvalue weighted by molar-refractivity contribution is 6.19. The molecule has 8 nitrogen and oxygen atoms in total. The zero-order chi connectivity index (χ0) is 71.7. The van der Waals surface area contributed by atoms with Gasteiger partial charge in [0.2, 0.25) is 0 Å². The van der Waals surface area contributed by atoms with Crippen LogP contribution in [-0.4, -0.2) is 39.9 Å². The summed E-state index contributed by atoms with van der Waals surface area (Å²) in [4.78, 5) is 40.1. The molecule has 12 aromatic carbocycles. The molecule has 0 aliphatic rings. The molecule has 108 heavy (non-hydrogen) atoms. The van der Waals surface area contributed by atoms with Crippen LogP contribution in [0.2, 0.25) is 0 Å².